The minimum atomic E-state index is -0.766. The molecule has 2 fully saturated rings. The van der Waals surface area contributed by atoms with Crippen molar-refractivity contribution in [2.24, 2.45) is 5.73 Å². The summed E-state index contributed by atoms with van der Waals surface area (Å²) in [6.07, 6.45) is 6.26. The van der Waals surface area contributed by atoms with Crippen molar-refractivity contribution in [3.05, 3.63) is 35.4 Å². The standard InChI is InChI=1S/C10H13NO2.C5H8O/c11-7-9-3-1-2-8(6-9)4-5-10(12)13;1-2-4-5(3-1)6-4/h1-3,6H,4-5,7,11H2,(H,12,13);4-5H,1-3H2. The Morgan fingerprint density at radius 2 is 2.00 bits per heavy atom. The lowest BCUT2D eigenvalue weighted by molar-refractivity contribution is -0.136. The molecule has 4 nitrogen and oxygen atoms in total. The average Bonchev–Trinajstić information content (AvgIpc) is 3.04. The predicted molar refractivity (Wildman–Crippen MR) is 72.8 cm³/mol. The predicted octanol–water partition coefficient (Wildman–Crippen LogP) is 2.10. The minimum absolute atomic E-state index is 0.175. The van der Waals surface area contributed by atoms with Crippen LogP contribution in [0.1, 0.15) is 36.8 Å². The number of hydrogen-bond donors (Lipinski definition) is 2. The van der Waals surface area contributed by atoms with Gasteiger partial charge in [0.1, 0.15) is 0 Å². The van der Waals surface area contributed by atoms with Crippen LogP contribution in [0.4, 0.5) is 0 Å². The highest BCUT2D eigenvalue weighted by atomic mass is 16.6. The largest absolute Gasteiger partial charge is 0.481 e. The zero-order valence-electron chi connectivity index (χ0n) is 11.0. The monoisotopic (exact) mass is 263 g/mol. The van der Waals surface area contributed by atoms with Crippen molar-refractivity contribution in [1.29, 1.82) is 0 Å². The molecular weight excluding hydrogens is 242 g/mol. The van der Waals surface area contributed by atoms with E-state index in [4.69, 9.17) is 15.6 Å². The highest BCUT2D eigenvalue weighted by Gasteiger charge is 2.42. The molecule has 104 valence electrons. The summed E-state index contributed by atoms with van der Waals surface area (Å²) in [6.45, 7) is 0.501. The van der Waals surface area contributed by atoms with E-state index >= 15 is 0 Å². The SMILES string of the molecule is C1CC2OC2C1.NCc1cccc(CCC(=O)O)c1. The van der Waals surface area contributed by atoms with Gasteiger partial charge in [-0.3, -0.25) is 4.79 Å². The maximum Gasteiger partial charge on any atom is 0.303 e. The zero-order valence-corrected chi connectivity index (χ0v) is 11.0. The second-order valence-electron chi connectivity index (χ2n) is 5.06. The highest BCUT2D eigenvalue weighted by molar-refractivity contribution is 5.67. The number of epoxide rings is 1. The van der Waals surface area contributed by atoms with Crippen LogP contribution in [0.3, 0.4) is 0 Å². The summed E-state index contributed by atoms with van der Waals surface area (Å²) in [7, 11) is 0. The molecule has 1 saturated heterocycles. The van der Waals surface area contributed by atoms with Gasteiger partial charge in [0.05, 0.1) is 12.2 Å². The third-order valence-corrected chi connectivity index (χ3v) is 3.52. The first kappa shape index (κ1) is 14.0. The molecule has 1 aromatic rings. The van der Waals surface area contributed by atoms with Gasteiger partial charge in [0, 0.05) is 13.0 Å². The molecule has 0 bridgehead atoms. The van der Waals surface area contributed by atoms with Crippen LogP contribution in [0.2, 0.25) is 0 Å². The van der Waals surface area contributed by atoms with E-state index < -0.39 is 5.97 Å². The van der Waals surface area contributed by atoms with E-state index in [9.17, 15) is 4.79 Å². The summed E-state index contributed by atoms with van der Waals surface area (Å²) in [4.78, 5) is 10.3. The van der Waals surface area contributed by atoms with Gasteiger partial charge in [0.2, 0.25) is 0 Å². The first-order valence-electron chi connectivity index (χ1n) is 6.84. The van der Waals surface area contributed by atoms with Gasteiger partial charge < -0.3 is 15.6 Å². The molecule has 2 unspecified atom stereocenters. The van der Waals surface area contributed by atoms with Gasteiger partial charge in [-0.2, -0.15) is 0 Å². The van der Waals surface area contributed by atoms with Crippen LogP contribution in [0.25, 0.3) is 0 Å². The van der Waals surface area contributed by atoms with Gasteiger partial charge >= 0.3 is 5.97 Å². The summed E-state index contributed by atoms with van der Waals surface area (Å²) in [5.74, 6) is -0.766. The number of carboxylic acids is 1. The van der Waals surface area contributed by atoms with Gasteiger partial charge in [0.15, 0.2) is 0 Å². The summed E-state index contributed by atoms with van der Waals surface area (Å²) in [5.41, 5.74) is 7.54. The van der Waals surface area contributed by atoms with Gasteiger partial charge in [-0.1, -0.05) is 24.3 Å². The van der Waals surface area contributed by atoms with E-state index in [0.29, 0.717) is 25.2 Å². The number of aryl methyl sites for hydroxylation is 1. The van der Waals surface area contributed by atoms with Crippen LogP contribution in [0.15, 0.2) is 24.3 Å². The molecular formula is C15H21NO3. The van der Waals surface area contributed by atoms with E-state index in [1.165, 1.54) is 19.3 Å². The van der Waals surface area contributed by atoms with E-state index in [1.54, 1.807) is 0 Å². The van der Waals surface area contributed by atoms with Crippen LogP contribution < -0.4 is 5.73 Å². The molecule has 1 aromatic carbocycles. The molecule has 1 aliphatic heterocycles. The molecule has 3 N–H and O–H groups in total. The number of carbonyl (C=O) groups is 1. The van der Waals surface area contributed by atoms with E-state index in [-0.39, 0.29) is 6.42 Å². The maximum atomic E-state index is 10.3. The summed E-state index contributed by atoms with van der Waals surface area (Å²) >= 11 is 0. The third-order valence-electron chi connectivity index (χ3n) is 3.52. The van der Waals surface area contributed by atoms with Crippen molar-refractivity contribution in [2.45, 2.75) is 50.9 Å². The Hall–Kier alpha value is -1.39. The number of ether oxygens (including phenoxy) is 1. The number of rotatable bonds is 4. The summed E-state index contributed by atoms with van der Waals surface area (Å²) in [6, 6.07) is 7.70. The molecule has 0 aromatic heterocycles. The Kier molecular flexibility index (Phi) is 4.93. The Bertz CT molecular complexity index is 425. The smallest absolute Gasteiger partial charge is 0.303 e. The quantitative estimate of drug-likeness (QED) is 0.816. The fourth-order valence-corrected chi connectivity index (χ4v) is 2.37. The molecule has 1 aliphatic carbocycles. The van der Waals surface area contributed by atoms with Crippen LogP contribution in [0.5, 0.6) is 0 Å². The van der Waals surface area contributed by atoms with Crippen LogP contribution in [-0.4, -0.2) is 23.3 Å². The molecule has 2 aliphatic rings. The Morgan fingerprint density at radius 3 is 2.47 bits per heavy atom. The lowest BCUT2D eigenvalue weighted by Gasteiger charge is -2.01. The van der Waals surface area contributed by atoms with Gasteiger partial charge in [0.25, 0.3) is 0 Å². The number of nitrogens with two attached hydrogens (primary N) is 1. The summed E-state index contributed by atoms with van der Waals surface area (Å²) in [5, 5.41) is 8.48. The van der Waals surface area contributed by atoms with E-state index in [1.807, 2.05) is 24.3 Å². The second kappa shape index (κ2) is 6.68. The minimum Gasteiger partial charge on any atom is -0.481 e. The van der Waals surface area contributed by atoms with Crippen molar-refractivity contribution in [3.8, 4) is 0 Å². The Balaban J connectivity index is 0.000000180. The van der Waals surface area contributed by atoms with Crippen LogP contribution in [-0.2, 0) is 22.5 Å². The first-order valence-corrected chi connectivity index (χ1v) is 6.84. The first-order chi connectivity index (χ1) is 9.19. The van der Waals surface area contributed by atoms with Crippen molar-refractivity contribution >= 4 is 5.97 Å². The molecule has 19 heavy (non-hydrogen) atoms. The zero-order chi connectivity index (χ0) is 13.7. The fourth-order valence-electron chi connectivity index (χ4n) is 2.37. The van der Waals surface area contributed by atoms with Crippen molar-refractivity contribution < 1.29 is 14.6 Å². The topological polar surface area (TPSA) is 75.8 Å². The molecule has 1 heterocycles. The lowest BCUT2D eigenvalue weighted by atomic mass is 10.1. The van der Waals surface area contributed by atoms with Crippen molar-refractivity contribution in [3.63, 3.8) is 0 Å². The van der Waals surface area contributed by atoms with Crippen LogP contribution >= 0.6 is 0 Å². The number of aliphatic carboxylic acids is 1. The highest BCUT2D eigenvalue weighted by Crippen LogP contribution is 2.37. The number of hydrogen-bond acceptors (Lipinski definition) is 3. The second-order valence-corrected chi connectivity index (χ2v) is 5.06. The van der Waals surface area contributed by atoms with Gasteiger partial charge in [-0.05, 0) is 36.8 Å². The average molecular weight is 263 g/mol. The van der Waals surface area contributed by atoms with E-state index in [2.05, 4.69) is 0 Å². The molecule has 0 radical (unpaired) electrons. The Labute approximate surface area is 113 Å². The molecule has 4 heteroatoms. The normalized spacial score (nSPS) is 23.2. The molecule has 1 saturated carbocycles. The van der Waals surface area contributed by atoms with Crippen molar-refractivity contribution in [1.82, 2.24) is 0 Å². The molecule has 2 atom stereocenters. The number of carboxylic acid groups (broad SMARTS) is 1. The van der Waals surface area contributed by atoms with Crippen molar-refractivity contribution in [2.75, 3.05) is 0 Å². The van der Waals surface area contributed by atoms with Crippen LogP contribution in [0, 0.1) is 0 Å². The van der Waals surface area contributed by atoms with Gasteiger partial charge in [-0.15, -0.1) is 0 Å². The fraction of sp³-hybridized carbons (Fsp3) is 0.533. The lowest BCUT2D eigenvalue weighted by Crippen LogP contribution is -2.00. The number of benzene rings is 1. The molecule has 3 rings (SSSR count). The number of fused-ring (bicyclic) bond motifs is 1. The Morgan fingerprint density at radius 1 is 1.32 bits per heavy atom. The summed E-state index contributed by atoms with van der Waals surface area (Å²) < 4.78 is 5.15. The molecule has 0 amide bonds. The van der Waals surface area contributed by atoms with E-state index in [0.717, 1.165) is 11.1 Å². The maximum absolute atomic E-state index is 10.3. The third kappa shape index (κ3) is 4.65. The molecule has 0 spiro atoms. The van der Waals surface area contributed by atoms with Gasteiger partial charge in [-0.25, -0.2) is 0 Å².